The van der Waals surface area contributed by atoms with Crippen molar-refractivity contribution in [3.8, 4) is 5.75 Å². The molecule has 5 aliphatic heterocycles. The fourth-order valence-electron chi connectivity index (χ4n) is 9.99. The van der Waals surface area contributed by atoms with Gasteiger partial charge in [0.1, 0.15) is 11.1 Å². The van der Waals surface area contributed by atoms with Crippen LogP contribution in [0.3, 0.4) is 0 Å². The molecule has 3 N–H and O–H groups in total. The lowest BCUT2D eigenvalue weighted by Gasteiger charge is -2.55. The molecule has 0 aliphatic carbocycles. The number of ether oxygens (including phenoxy) is 1. The number of fused-ring (bicyclic) bond motifs is 2. The summed E-state index contributed by atoms with van der Waals surface area (Å²) in [5.74, 6) is 0.703. The normalized spacial score (nSPS) is 20.4. The molecular formula is C45H53ClN10O6. The summed E-state index contributed by atoms with van der Waals surface area (Å²) >= 11 is 6.62. The lowest BCUT2D eigenvalue weighted by atomic mass is 9.71. The number of rotatable bonds is 11. The van der Waals surface area contributed by atoms with Crippen molar-refractivity contribution < 1.29 is 23.9 Å². The van der Waals surface area contributed by atoms with E-state index < -0.39 is 6.04 Å². The number of nitrogens with one attached hydrogen (secondary N) is 3. The minimum Gasteiger partial charge on any atom is -0.478 e. The number of pyridine rings is 1. The van der Waals surface area contributed by atoms with E-state index in [1.54, 1.807) is 21.7 Å². The zero-order valence-electron chi connectivity index (χ0n) is 35.4. The van der Waals surface area contributed by atoms with E-state index in [4.69, 9.17) is 21.3 Å². The first-order valence-corrected chi connectivity index (χ1v) is 22.1. The van der Waals surface area contributed by atoms with Gasteiger partial charge in [-0.05, 0) is 105 Å². The average Bonchev–Trinajstić information content (AvgIpc) is 3.58. The summed E-state index contributed by atoms with van der Waals surface area (Å²) in [5.41, 5.74) is 4.26. The third-order valence-corrected chi connectivity index (χ3v) is 13.7. The third-order valence-electron chi connectivity index (χ3n) is 13.4. The summed E-state index contributed by atoms with van der Waals surface area (Å²) in [6.07, 6.45) is 6.63. The molecule has 1 atom stereocenters. The summed E-state index contributed by atoms with van der Waals surface area (Å²) < 4.78 is 7.28. The van der Waals surface area contributed by atoms with Crippen LogP contribution in [0.25, 0.3) is 10.9 Å². The van der Waals surface area contributed by atoms with Crippen LogP contribution in [0.1, 0.15) is 74.3 Å². The van der Waals surface area contributed by atoms with Crippen LogP contribution < -0.4 is 36.0 Å². The van der Waals surface area contributed by atoms with Gasteiger partial charge in [0, 0.05) is 94.2 Å². The summed E-state index contributed by atoms with van der Waals surface area (Å²) in [7, 11) is 1.52. The van der Waals surface area contributed by atoms with Crippen LogP contribution >= 0.6 is 11.6 Å². The number of nitrogens with zero attached hydrogens (tertiary/aromatic N) is 7. The van der Waals surface area contributed by atoms with Crippen molar-refractivity contribution in [3.63, 3.8) is 0 Å². The molecule has 7 heterocycles. The number of aromatic nitrogens is 3. The van der Waals surface area contributed by atoms with E-state index in [1.165, 1.54) is 7.05 Å². The van der Waals surface area contributed by atoms with Gasteiger partial charge in [-0.1, -0.05) is 11.6 Å². The quantitative estimate of drug-likeness (QED) is 0.181. The highest BCUT2D eigenvalue weighted by molar-refractivity contribution is 6.33. The van der Waals surface area contributed by atoms with Gasteiger partial charge in [-0.3, -0.25) is 29.3 Å². The van der Waals surface area contributed by atoms with Crippen molar-refractivity contribution in [1.29, 1.82) is 0 Å². The Balaban J connectivity index is 0.759. The molecule has 0 bridgehead atoms. The van der Waals surface area contributed by atoms with Crippen molar-refractivity contribution in [3.05, 3.63) is 75.2 Å². The molecule has 1 unspecified atom stereocenters. The number of likely N-dealkylation sites (N-methyl/N-ethyl adjacent to an activating group) is 1. The molecule has 62 heavy (non-hydrogen) atoms. The Morgan fingerprint density at radius 2 is 1.76 bits per heavy atom. The number of carbonyl (C=O) groups is 4. The Morgan fingerprint density at radius 1 is 0.984 bits per heavy atom. The number of hydrogen-bond donors (Lipinski definition) is 3. The van der Waals surface area contributed by atoms with E-state index in [0.717, 1.165) is 99.3 Å². The smallest absolute Gasteiger partial charge is 0.293 e. The molecule has 4 aromatic rings. The summed E-state index contributed by atoms with van der Waals surface area (Å²) in [6, 6.07) is 12.7. The zero-order chi connectivity index (χ0) is 43.3. The maximum atomic E-state index is 13.2. The van der Waals surface area contributed by atoms with Crippen LogP contribution in [0.4, 0.5) is 23.1 Å². The lowest BCUT2D eigenvalue weighted by molar-refractivity contribution is -0.137. The fraction of sp³-hybridized carbons (Fsp3) is 0.489. The highest BCUT2D eigenvalue weighted by Crippen LogP contribution is 2.43. The van der Waals surface area contributed by atoms with E-state index >= 15 is 0 Å². The maximum absolute atomic E-state index is 13.2. The first kappa shape index (κ1) is 41.6. The van der Waals surface area contributed by atoms with Gasteiger partial charge in [0.15, 0.2) is 18.2 Å². The van der Waals surface area contributed by atoms with Crippen LogP contribution in [0.15, 0.2) is 53.5 Å². The Labute approximate surface area is 364 Å². The van der Waals surface area contributed by atoms with Crippen molar-refractivity contribution in [2.45, 2.75) is 71.0 Å². The monoisotopic (exact) mass is 864 g/mol. The third kappa shape index (κ3) is 8.17. The molecule has 326 valence electrons. The second-order valence-corrected chi connectivity index (χ2v) is 18.2. The zero-order valence-corrected chi connectivity index (χ0v) is 36.2. The van der Waals surface area contributed by atoms with Crippen LogP contribution in [0, 0.1) is 11.3 Å². The minimum atomic E-state index is -0.603. The Bertz CT molecular complexity index is 2490. The van der Waals surface area contributed by atoms with Crippen LogP contribution in [0.5, 0.6) is 5.75 Å². The molecule has 9 rings (SSSR count). The average molecular weight is 865 g/mol. The number of anilines is 4. The predicted octanol–water partition coefficient (Wildman–Crippen LogP) is 4.47. The van der Waals surface area contributed by atoms with E-state index in [0.29, 0.717) is 46.7 Å². The number of piperidine rings is 3. The molecule has 0 radical (unpaired) electrons. The van der Waals surface area contributed by atoms with Gasteiger partial charge in [0.2, 0.25) is 17.8 Å². The Morgan fingerprint density at radius 3 is 2.48 bits per heavy atom. The molecule has 5 aliphatic rings. The lowest BCUT2D eigenvalue weighted by Crippen LogP contribution is -2.61. The molecular weight excluding hydrogens is 812 g/mol. The second kappa shape index (κ2) is 16.9. The van der Waals surface area contributed by atoms with E-state index in [2.05, 4.69) is 41.7 Å². The van der Waals surface area contributed by atoms with Gasteiger partial charge in [0.25, 0.3) is 17.4 Å². The molecule has 2 aromatic heterocycles. The van der Waals surface area contributed by atoms with Gasteiger partial charge >= 0.3 is 0 Å². The largest absolute Gasteiger partial charge is 0.478 e. The van der Waals surface area contributed by atoms with Gasteiger partial charge < -0.3 is 39.5 Å². The standard InChI is InChI=1S/C45H53ClN10O6/c1-27(2)56-35-7-4-31(18-29(35)20-37(43(56)61)62-24-39(58)47-3)49-40-34(46)21-48-44(51-40)54-14-10-28(11-15-54)22-52-25-45(26-52)12-16-53(17-13-45)32-5-6-33-30(19-32)23-55(42(33)60)36-8-9-38(57)50-41(36)59/h4-7,18-21,27-28,36H,8-17,22-26H2,1-3H3,(H,47,58)(H,48,49,51)(H,50,57,59). The molecule has 4 fully saturated rings. The summed E-state index contributed by atoms with van der Waals surface area (Å²) in [6.45, 7) is 11.0. The number of benzene rings is 2. The Hall–Kier alpha value is -5.74. The number of likely N-dealkylation sites (tertiary alicyclic amines) is 1. The van der Waals surface area contributed by atoms with Gasteiger partial charge in [0.05, 0.1) is 11.7 Å². The van der Waals surface area contributed by atoms with Crippen LogP contribution in [0.2, 0.25) is 5.02 Å². The molecule has 4 saturated heterocycles. The second-order valence-electron chi connectivity index (χ2n) is 17.8. The van der Waals surface area contributed by atoms with Crippen molar-refractivity contribution in [1.82, 2.24) is 35.0 Å². The van der Waals surface area contributed by atoms with Crippen LogP contribution in [-0.2, 0) is 20.9 Å². The highest BCUT2D eigenvalue weighted by atomic mass is 35.5. The number of carbonyl (C=O) groups excluding carboxylic acids is 4. The van der Waals surface area contributed by atoms with E-state index in [1.807, 2.05) is 44.2 Å². The summed E-state index contributed by atoms with van der Waals surface area (Å²) in [5, 5.41) is 9.40. The number of hydrogen-bond acceptors (Lipinski definition) is 12. The number of amides is 4. The summed E-state index contributed by atoms with van der Waals surface area (Å²) in [4.78, 5) is 80.8. The SMILES string of the molecule is CNC(=O)COc1cc2cc(Nc3nc(N4CCC(CN5CC6(CCN(c7ccc8c(c7)CN(C7CCC(=O)NC7=O)C8=O)CC6)C5)CC4)ncc3Cl)ccc2n(C(C)C)c1=O. The van der Waals surface area contributed by atoms with Crippen molar-refractivity contribution in [2.24, 2.45) is 11.3 Å². The van der Waals surface area contributed by atoms with Gasteiger partial charge in [-0.25, -0.2) is 4.98 Å². The van der Waals surface area contributed by atoms with Crippen molar-refractivity contribution >= 4 is 69.3 Å². The highest BCUT2D eigenvalue weighted by Gasteiger charge is 2.46. The molecule has 16 nitrogen and oxygen atoms in total. The minimum absolute atomic E-state index is 0.101. The first-order valence-electron chi connectivity index (χ1n) is 21.7. The number of halogens is 1. The Kier molecular flexibility index (Phi) is 11.3. The topological polar surface area (TPSA) is 174 Å². The predicted molar refractivity (Wildman–Crippen MR) is 236 cm³/mol. The van der Waals surface area contributed by atoms with Crippen molar-refractivity contribution in [2.75, 3.05) is 74.6 Å². The molecule has 17 heteroatoms. The molecule has 2 aromatic carbocycles. The fourth-order valence-corrected chi connectivity index (χ4v) is 10.1. The van der Waals surface area contributed by atoms with E-state index in [9.17, 15) is 24.0 Å². The maximum Gasteiger partial charge on any atom is 0.293 e. The van der Waals surface area contributed by atoms with Gasteiger partial charge in [-0.15, -0.1) is 0 Å². The van der Waals surface area contributed by atoms with Gasteiger partial charge in [-0.2, -0.15) is 4.98 Å². The molecule has 0 saturated carbocycles. The van der Waals surface area contributed by atoms with E-state index in [-0.39, 0.29) is 54.0 Å². The number of imide groups is 1. The van der Waals surface area contributed by atoms with Crippen LogP contribution in [-0.4, -0.2) is 113 Å². The molecule has 1 spiro atoms. The first-order chi connectivity index (χ1) is 29.9. The molecule has 4 amide bonds.